The molecule has 0 aliphatic carbocycles. The Bertz CT molecular complexity index is 110. The molecule has 1 saturated heterocycles. The van der Waals surface area contributed by atoms with Gasteiger partial charge in [-0.05, 0) is 14.0 Å². The second-order valence-electron chi connectivity index (χ2n) is 2.67. The lowest BCUT2D eigenvalue weighted by atomic mass is 10.4. The molecule has 60 valence electrons. The molecular formula is C7H15NO2. The molecule has 1 aliphatic heterocycles. The molecule has 0 spiro atoms. The van der Waals surface area contributed by atoms with E-state index in [1.807, 2.05) is 14.0 Å². The highest BCUT2D eigenvalue weighted by atomic mass is 16.6. The van der Waals surface area contributed by atoms with Crippen LogP contribution in [0.15, 0.2) is 0 Å². The van der Waals surface area contributed by atoms with E-state index in [0.717, 1.165) is 13.2 Å². The normalized spacial score (nSPS) is 38.1. The van der Waals surface area contributed by atoms with Gasteiger partial charge in [0.25, 0.3) is 0 Å². The van der Waals surface area contributed by atoms with Crippen LogP contribution in [0, 0.1) is 0 Å². The van der Waals surface area contributed by atoms with Gasteiger partial charge in [0.15, 0.2) is 5.72 Å². The Morgan fingerprint density at radius 2 is 2.20 bits per heavy atom. The Morgan fingerprint density at radius 3 is 2.50 bits per heavy atom. The van der Waals surface area contributed by atoms with Crippen LogP contribution in [0.3, 0.4) is 0 Å². The van der Waals surface area contributed by atoms with Gasteiger partial charge in [0.1, 0.15) is 0 Å². The van der Waals surface area contributed by atoms with Gasteiger partial charge in [-0.15, -0.1) is 0 Å². The lowest BCUT2D eigenvalue weighted by molar-refractivity contribution is -0.0440. The maximum Gasteiger partial charge on any atom is 0.157 e. The van der Waals surface area contributed by atoms with Gasteiger partial charge < -0.3 is 9.47 Å². The SMILES string of the molecule is CCOC1(COC)CN1C. The molecular weight excluding hydrogens is 130 g/mol. The third-order valence-electron chi connectivity index (χ3n) is 1.86. The Labute approximate surface area is 61.9 Å². The Hall–Kier alpha value is -0.120. The van der Waals surface area contributed by atoms with Crippen molar-refractivity contribution in [2.75, 3.05) is 33.9 Å². The predicted molar refractivity (Wildman–Crippen MR) is 38.9 cm³/mol. The van der Waals surface area contributed by atoms with Crippen LogP contribution >= 0.6 is 0 Å². The number of ether oxygens (including phenoxy) is 2. The van der Waals surface area contributed by atoms with Crippen LogP contribution in [-0.2, 0) is 9.47 Å². The van der Waals surface area contributed by atoms with Crippen molar-refractivity contribution in [1.29, 1.82) is 0 Å². The molecule has 0 aromatic rings. The largest absolute Gasteiger partial charge is 0.380 e. The Morgan fingerprint density at radius 1 is 1.60 bits per heavy atom. The van der Waals surface area contributed by atoms with Crippen molar-refractivity contribution >= 4 is 0 Å². The fourth-order valence-corrected chi connectivity index (χ4v) is 1.18. The molecule has 10 heavy (non-hydrogen) atoms. The molecule has 3 heteroatoms. The molecule has 1 rings (SSSR count). The summed E-state index contributed by atoms with van der Waals surface area (Å²) < 4.78 is 10.5. The number of methoxy groups -OCH3 is 1. The van der Waals surface area contributed by atoms with E-state index in [9.17, 15) is 0 Å². The molecule has 1 fully saturated rings. The standard InChI is InChI=1S/C7H15NO2/c1-4-10-7(6-9-3)5-8(7)2/h4-6H2,1-3H3. The van der Waals surface area contributed by atoms with Crippen molar-refractivity contribution in [1.82, 2.24) is 4.90 Å². The fourth-order valence-electron chi connectivity index (χ4n) is 1.18. The molecule has 3 nitrogen and oxygen atoms in total. The summed E-state index contributed by atoms with van der Waals surface area (Å²) >= 11 is 0. The summed E-state index contributed by atoms with van der Waals surface area (Å²) in [4.78, 5) is 2.14. The summed E-state index contributed by atoms with van der Waals surface area (Å²) in [6.07, 6.45) is 0. The summed E-state index contributed by atoms with van der Waals surface area (Å²) in [6.45, 7) is 4.43. The minimum absolute atomic E-state index is 0.0799. The summed E-state index contributed by atoms with van der Waals surface area (Å²) in [5.74, 6) is 0. The van der Waals surface area contributed by atoms with Crippen LogP contribution in [0.25, 0.3) is 0 Å². The van der Waals surface area contributed by atoms with Gasteiger partial charge >= 0.3 is 0 Å². The minimum Gasteiger partial charge on any atom is -0.380 e. The number of likely N-dealkylation sites (N-methyl/N-ethyl adjacent to an activating group) is 1. The summed E-state index contributed by atoms with van der Waals surface area (Å²) in [5, 5.41) is 0. The first-order chi connectivity index (χ1) is 4.75. The first-order valence-corrected chi connectivity index (χ1v) is 3.59. The fraction of sp³-hybridized carbons (Fsp3) is 1.00. The van der Waals surface area contributed by atoms with Crippen molar-refractivity contribution in [3.63, 3.8) is 0 Å². The third kappa shape index (κ3) is 1.31. The topological polar surface area (TPSA) is 21.5 Å². The van der Waals surface area contributed by atoms with Gasteiger partial charge in [0.2, 0.25) is 0 Å². The number of nitrogens with zero attached hydrogens (tertiary/aromatic N) is 1. The zero-order chi connectivity index (χ0) is 7.61. The van der Waals surface area contributed by atoms with Crippen molar-refractivity contribution < 1.29 is 9.47 Å². The van der Waals surface area contributed by atoms with Gasteiger partial charge in [0, 0.05) is 20.3 Å². The van der Waals surface area contributed by atoms with Crippen molar-refractivity contribution in [3.8, 4) is 0 Å². The van der Waals surface area contributed by atoms with E-state index in [2.05, 4.69) is 4.90 Å². The molecule has 1 aliphatic rings. The number of rotatable bonds is 4. The van der Waals surface area contributed by atoms with Crippen LogP contribution in [0.4, 0.5) is 0 Å². The minimum atomic E-state index is -0.0799. The van der Waals surface area contributed by atoms with E-state index in [1.54, 1.807) is 7.11 Å². The maximum atomic E-state index is 5.49. The Balaban J connectivity index is 2.31. The molecule has 2 unspecified atom stereocenters. The molecule has 0 N–H and O–H groups in total. The smallest absolute Gasteiger partial charge is 0.157 e. The number of hydrogen-bond donors (Lipinski definition) is 0. The summed E-state index contributed by atoms with van der Waals surface area (Å²) in [6, 6.07) is 0. The van der Waals surface area contributed by atoms with Crippen molar-refractivity contribution in [2.45, 2.75) is 12.6 Å². The van der Waals surface area contributed by atoms with Gasteiger partial charge in [-0.1, -0.05) is 0 Å². The molecule has 2 atom stereocenters. The quantitative estimate of drug-likeness (QED) is 0.531. The highest BCUT2D eigenvalue weighted by Crippen LogP contribution is 2.31. The first-order valence-electron chi connectivity index (χ1n) is 3.59. The van der Waals surface area contributed by atoms with Gasteiger partial charge in [-0.2, -0.15) is 0 Å². The zero-order valence-electron chi connectivity index (χ0n) is 6.89. The molecule has 0 radical (unpaired) electrons. The van der Waals surface area contributed by atoms with Gasteiger partial charge in [0.05, 0.1) is 6.61 Å². The average molecular weight is 145 g/mol. The van der Waals surface area contributed by atoms with Gasteiger partial charge in [-0.25, -0.2) is 0 Å². The molecule has 0 aromatic carbocycles. The molecule has 0 saturated carbocycles. The first kappa shape index (κ1) is 7.98. The van der Waals surface area contributed by atoms with E-state index in [0.29, 0.717) is 6.61 Å². The van der Waals surface area contributed by atoms with Crippen LogP contribution < -0.4 is 0 Å². The Kier molecular flexibility index (Phi) is 2.28. The molecule has 0 amide bonds. The van der Waals surface area contributed by atoms with E-state index >= 15 is 0 Å². The highest BCUT2D eigenvalue weighted by molar-refractivity contribution is 4.96. The van der Waals surface area contributed by atoms with E-state index < -0.39 is 0 Å². The average Bonchev–Trinajstić information content (AvgIpc) is 2.44. The zero-order valence-corrected chi connectivity index (χ0v) is 6.89. The van der Waals surface area contributed by atoms with E-state index in [4.69, 9.17) is 9.47 Å². The van der Waals surface area contributed by atoms with Crippen molar-refractivity contribution in [3.05, 3.63) is 0 Å². The van der Waals surface area contributed by atoms with Crippen LogP contribution in [0.5, 0.6) is 0 Å². The lowest BCUT2D eigenvalue weighted by Crippen LogP contribution is -2.27. The van der Waals surface area contributed by atoms with E-state index in [1.165, 1.54) is 0 Å². The second kappa shape index (κ2) is 2.86. The van der Waals surface area contributed by atoms with Crippen molar-refractivity contribution in [2.24, 2.45) is 0 Å². The third-order valence-corrected chi connectivity index (χ3v) is 1.86. The highest BCUT2D eigenvalue weighted by Gasteiger charge is 2.50. The maximum absolute atomic E-state index is 5.49. The molecule has 1 heterocycles. The van der Waals surface area contributed by atoms with Crippen LogP contribution in [0.1, 0.15) is 6.92 Å². The predicted octanol–water partition coefficient (Wildman–Crippen LogP) is 0.311. The summed E-state index contributed by atoms with van der Waals surface area (Å²) in [7, 11) is 3.74. The summed E-state index contributed by atoms with van der Waals surface area (Å²) in [5.41, 5.74) is -0.0799. The monoisotopic (exact) mass is 145 g/mol. The van der Waals surface area contributed by atoms with Gasteiger partial charge in [-0.3, -0.25) is 4.90 Å². The molecule has 0 bridgehead atoms. The van der Waals surface area contributed by atoms with E-state index in [-0.39, 0.29) is 5.72 Å². The second-order valence-corrected chi connectivity index (χ2v) is 2.67. The van der Waals surface area contributed by atoms with Crippen LogP contribution in [-0.4, -0.2) is 44.5 Å². The van der Waals surface area contributed by atoms with Crippen LogP contribution in [0.2, 0.25) is 0 Å². The number of hydrogen-bond acceptors (Lipinski definition) is 3. The lowest BCUT2D eigenvalue weighted by Gasteiger charge is -2.14. The molecule has 0 aromatic heterocycles.